The van der Waals surface area contributed by atoms with Crippen LogP contribution < -0.4 is 4.74 Å². The zero-order valence-electron chi connectivity index (χ0n) is 19.0. The third kappa shape index (κ3) is 14.0. The summed E-state index contributed by atoms with van der Waals surface area (Å²) >= 11 is 0. The van der Waals surface area contributed by atoms with Gasteiger partial charge < -0.3 is 14.2 Å². The predicted octanol–water partition coefficient (Wildman–Crippen LogP) is 7.01. The summed E-state index contributed by atoms with van der Waals surface area (Å²) in [4.78, 5) is 22.4. The van der Waals surface area contributed by atoms with Gasteiger partial charge in [0.15, 0.2) is 0 Å². The van der Waals surface area contributed by atoms with Crippen LogP contribution in [0.3, 0.4) is 0 Å². The molecule has 0 amide bonds. The summed E-state index contributed by atoms with van der Waals surface area (Å²) in [6.07, 6.45) is 15.2. The Morgan fingerprint density at radius 3 is 1.73 bits per heavy atom. The van der Waals surface area contributed by atoms with Crippen LogP contribution in [0.5, 0.6) is 5.75 Å². The van der Waals surface area contributed by atoms with Gasteiger partial charge in [-0.05, 0) is 43.9 Å². The van der Waals surface area contributed by atoms with E-state index in [0.29, 0.717) is 0 Å². The summed E-state index contributed by atoms with van der Waals surface area (Å²) in [6.45, 7) is 1.90. The Balaban J connectivity index is 1.81. The Morgan fingerprint density at radius 2 is 1.23 bits per heavy atom. The molecule has 0 unspecified atom stereocenters. The largest absolute Gasteiger partial charge is 0.516 e. The summed E-state index contributed by atoms with van der Waals surface area (Å²) in [5, 5.41) is 0. The molecule has 0 aromatic heterocycles. The van der Waals surface area contributed by atoms with Crippen LogP contribution >= 0.6 is 0 Å². The molecule has 30 heavy (non-hydrogen) atoms. The minimum Gasteiger partial charge on any atom is -0.497 e. The van der Waals surface area contributed by atoms with Gasteiger partial charge >= 0.3 is 12.1 Å². The molecule has 0 aliphatic carbocycles. The predicted molar refractivity (Wildman–Crippen MR) is 120 cm³/mol. The Bertz CT molecular complexity index is 567. The second-order valence-electron chi connectivity index (χ2n) is 7.75. The van der Waals surface area contributed by atoms with Gasteiger partial charge in [0, 0.05) is 6.42 Å². The third-order valence-electron chi connectivity index (χ3n) is 5.21. The molecule has 0 radical (unpaired) electrons. The van der Waals surface area contributed by atoms with Crippen LogP contribution in [0.1, 0.15) is 96.0 Å². The van der Waals surface area contributed by atoms with Crippen LogP contribution in [-0.4, -0.2) is 25.8 Å². The maximum atomic E-state index is 11.4. The number of aryl methyl sites for hydroxylation is 1. The molecule has 0 fully saturated rings. The van der Waals surface area contributed by atoms with Gasteiger partial charge in [-0.2, -0.15) is 0 Å². The molecule has 0 atom stereocenters. The van der Waals surface area contributed by atoms with E-state index in [1.54, 1.807) is 14.0 Å². The van der Waals surface area contributed by atoms with Crippen molar-refractivity contribution in [3.05, 3.63) is 29.8 Å². The van der Waals surface area contributed by atoms with Gasteiger partial charge in [-0.15, -0.1) is 0 Å². The molecule has 0 bridgehead atoms. The SMILES string of the molecule is CCOC(=O)OC(=O)CCCCCCCCCCCCCCc1ccc(OC)cc1. The quantitative estimate of drug-likeness (QED) is 0.154. The van der Waals surface area contributed by atoms with Crippen molar-refractivity contribution in [1.29, 1.82) is 0 Å². The average Bonchev–Trinajstić information content (AvgIpc) is 2.74. The number of rotatable bonds is 17. The first kappa shape index (κ1) is 26.0. The number of carbonyl (C=O) groups excluding carboxylic acids is 2. The van der Waals surface area contributed by atoms with E-state index in [4.69, 9.17) is 4.74 Å². The summed E-state index contributed by atoms with van der Waals surface area (Å²) in [5.74, 6) is 0.437. The van der Waals surface area contributed by atoms with Gasteiger partial charge in [0.05, 0.1) is 13.7 Å². The van der Waals surface area contributed by atoms with E-state index < -0.39 is 12.1 Å². The molecule has 0 N–H and O–H groups in total. The number of esters is 1. The molecule has 0 heterocycles. The fourth-order valence-corrected chi connectivity index (χ4v) is 3.45. The summed E-state index contributed by atoms with van der Waals surface area (Å²) in [5.41, 5.74) is 1.40. The van der Waals surface area contributed by atoms with E-state index >= 15 is 0 Å². The van der Waals surface area contributed by atoms with E-state index in [0.717, 1.165) is 31.4 Å². The molecule has 0 aliphatic heterocycles. The Morgan fingerprint density at radius 1 is 0.733 bits per heavy atom. The molecular weight excluding hydrogens is 380 g/mol. The number of carbonyl (C=O) groups is 2. The summed E-state index contributed by atoms with van der Waals surface area (Å²) in [7, 11) is 1.70. The number of methoxy groups -OCH3 is 1. The van der Waals surface area contributed by atoms with E-state index in [2.05, 4.69) is 21.6 Å². The highest BCUT2D eigenvalue weighted by Crippen LogP contribution is 2.16. The second-order valence-corrected chi connectivity index (χ2v) is 7.75. The lowest BCUT2D eigenvalue weighted by molar-refractivity contribution is -0.139. The van der Waals surface area contributed by atoms with Crippen LogP contribution in [-0.2, 0) is 20.7 Å². The molecule has 1 aromatic rings. The van der Waals surface area contributed by atoms with Gasteiger partial charge in [-0.25, -0.2) is 4.79 Å². The van der Waals surface area contributed by atoms with Crippen molar-refractivity contribution >= 4 is 12.1 Å². The molecule has 0 saturated heterocycles. The Labute approximate surface area is 182 Å². The Kier molecular flexibility index (Phi) is 15.4. The van der Waals surface area contributed by atoms with Crippen LogP contribution in [0.4, 0.5) is 4.79 Å². The van der Waals surface area contributed by atoms with E-state index in [1.807, 2.05) is 12.1 Å². The normalized spacial score (nSPS) is 10.6. The highest BCUT2D eigenvalue weighted by Gasteiger charge is 2.10. The zero-order valence-corrected chi connectivity index (χ0v) is 19.0. The highest BCUT2D eigenvalue weighted by atomic mass is 16.7. The summed E-state index contributed by atoms with van der Waals surface area (Å²) < 4.78 is 14.3. The highest BCUT2D eigenvalue weighted by molar-refractivity contribution is 5.81. The number of hydrogen-bond donors (Lipinski definition) is 0. The molecule has 5 heteroatoms. The maximum Gasteiger partial charge on any atom is 0.516 e. The van der Waals surface area contributed by atoms with E-state index in [1.165, 1.54) is 63.4 Å². The molecule has 5 nitrogen and oxygen atoms in total. The van der Waals surface area contributed by atoms with Crippen LogP contribution in [0.15, 0.2) is 24.3 Å². The first-order valence-electron chi connectivity index (χ1n) is 11.7. The fourth-order valence-electron chi connectivity index (χ4n) is 3.45. The smallest absolute Gasteiger partial charge is 0.497 e. The molecule has 0 spiro atoms. The van der Waals surface area contributed by atoms with Crippen molar-refractivity contribution in [2.75, 3.05) is 13.7 Å². The molecular formula is C25H40O5. The lowest BCUT2D eigenvalue weighted by atomic mass is 10.0. The molecule has 1 aromatic carbocycles. The van der Waals surface area contributed by atoms with Crippen molar-refractivity contribution in [1.82, 2.24) is 0 Å². The standard InChI is InChI=1S/C25H40O5/c1-3-29-25(27)30-24(26)17-15-13-11-9-7-5-4-6-8-10-12-14-16-22-18-20-23(28-2)21-19-22/h18-21H,3-17H2,1-2H3. The topological polar surface area (TPSA) is 61.8 Å². The van der Waals surface area contributed by atoms with Crippen molar-refractivity contribution in [2.24, 2.45) is 0 Å². The first-order chi connectivity index (χ1) is 14.7. The number of benzene rings is 1. The molecule has 0 saturated carbocycles. The van der Waals surface area contributed by atoms with Crippen LogP contribution in [0.2, 0.25) is 0 Å². The van der Waals surface area contributed by atoms with Gasteiger partial charge in [0.2, 0.25) is 0 Å². The van der Waals surface area contributed by atoms with Gasteiger partial charge in [-0.1, -0.05) is 76.3 Å². The third-order valence-corrected chi connectivity index (χ3v) is 5.21. The van der Waals surface area contributed by atoms with Gasteiger partial charge in [0.25, 0.3) is 0 Å². The lowest BCUT2D eigenvalue weighted by Gasteiger charge is -2.05. The van der Waals surface area contributed by atoms with Crippen LogP contribution in [0, 0.1) is 0 Å². The van der Waals surface area contributed by atoms with Crippen molar-refractivity contribution in [3.8, 4) is 5.75 Å². The minimum atomic E-state index is -0.889. The second kappa shape index (κ2) is 17.8. The lowest BCUT2D eigenvalue weighted by Crippen LogP contribution is -2.13. The monoisotopic (exact) mass is 420 g/mol. The van der Waals surface area contributed by atoms with Crippen molar-refractivity contribution < 1.29 is 23.8 Å². The van der Waals surface area contributed by atoms with Crippen molar-refractivity contribution in [3.63, 3.8) is 0 Å². The van der Waals surface area contributed by atoms with Gasteiger partial charge in [0.1, 0.15) is 5.75 Å². The minimum absolute atomic E-state index is 0.219. The number of hydrogen-bond acceptors (Lipinski definition) is 5. The summed E-state index contributed by atoms with van der Waals surface area (Å²) in [6, 6.07) is 8.40. The average molecular weight is 421 g/mol. The molecule has 1 rings (SSSR count). The van der Waals surface area contributed by atoms with Gasteiger partial charge in [-0.3, -0.25) is 4.79 Å². The fraction of sp³-hybridized carbons (Fsp3) is 0.680. The Hall–Kier alpha value is -2.04. The zero-order chi connectivity index (χ0) is 21.9. The van der Waals surface area contributed by atoms with Crippen LogP contribution in [0.25, 0.3) is 0 Å². The number of ether oxygens (including phenoxy) is 3. The molecule has 0 aliphatic rings. The molecule has 170 valence electrons. The van der Waals surface area contributed by atoms with E-state index in [9.17, 15) is 9.59 Å². The maximum absolute atomic E-state index is 11.4. The van der Waals surface area contributed by atoms with E-state index in [-0.39, 0.29) is 13.0 Å². The van der Waals surface area contributed by atoms with Crippen molar-refractivity contribution in [2.45, 2.75) is 96.8 Å². The number of unbranched alkanes of at least 4 members (excludes halogenated alkanes) is 11. The first-order valence-corrected chi connectivity index (χ1v) is 11.7.